The smallest absolute Gasteiger partial charge is 0.242 e. The fourth-order valence-electron chi connectivity index (χ4n) is 17.3. The molecule has 91 heavy (non-hydrogen) atoms. The van der Waals surface area contributed by atoms with Crippen LogP contribution in [0.4, 0.5) is 0 Å². The molecule has 0 aliphatic heterocycles. The molecule has 0 amide bonds. The molecule has 0 saturated heterocycles. The zero-order valence-electron chi connectivity index (χ0n) is 52.0. The Morgan fingerprint density at radius 3 is 0.967 bits per heavy atom. The fourth-order valence-corrected chi connectivity index (χ4v) is 17.3. The molecule has 4 nitrogen and oxygen atoms in total. The highest BCUT2D eigenvalue weighted by molar-refractivity contribution is 6.96. The summed E-state index contributed by atoms with van der Waals surface area (Å²) in [5.74, 6) is 0. The van der Waals surface area contributed by atoms with Gasteiger partial charge in [-0.2, -0.15) is 0 Å². The van der Waals surface area contributed by atoms with Gasteiger partial charge in [0.15, 0.2) is 0 Å². The van der Waals surface area contributed by atoms with E-state index in [1.54, 1.807) is 0 Å². The van der Waals surface area contributed by atoms with Crippen LogP contribution >= 0.6 is 0 Å². The standard InChI is InChI=1S/C86H63BN4/c1-50-35-52(3)85(53(4)36-50)87(86-54(5)37-51(2)38-55(86)6)62-43-65(90-77-33-13-9-29-69(77)73-46-79-71(48-81(73)90)67-27-7-11-31-75(67)88(79)63-39-58-23-15-19-56-20-16-24-59(40-63)83(56)58)45-66(44-62)91-78-34-14-10-30-70(78)74-47-80-72(49-82(74)91)68-28-8-12-32-76(68)89(80)64-41-60-25-17-21-57-22-18-26-61(42-64)84(57)60/h7-23,25,27-49H,24,26H2,1-6H3. The number of hydrogen-bond donors (Lipinski definition) is 0. The second-order valence-electron chi connectivity index (χ2n) is 26.3. The number of fused-ring (bicyclic) bond motifs is 12. The van der Waals surface area contributed by atoms with E-state index in [1.165, 1.54) is 192 Å². The summed E-state index contributed by atoms with van der Waals surface area (Å²) in [6.07, 6.45) is 11.0. The first-order valence-electron chi connectivity index (χ1n) is 32.3. The molecule has 13 aromatic carbocycles. The molecule has 0 unspecified atom stereocenters. The third-order valence-corrected chi connectivity index (χ3v) is 20.7. The van der Waals surface area contributed by atoms with Gasteiger partial charge >= 0.3 is 0 Å². The molecule has 2 aliphatic carbocycles. The van der Waals surface area contributed by atoms with Crippen molar-refractivity contribution in [1.82, 2.24) is 18.3 Å². The van der Waals surface area contributed by atoms with Gasteiger partial charge in [-0.05, 0) is 189 Å². The second kappa shape index (κ2) is 19.3. The summed E-state index contributed by atoms with van der Waals surface area (Å²) in [5.41, 5.74) is 31.2. The summed E-state index contributed by atoms with van der Waals surface area (Å²) in [4.78, 5) is 0. The molecular weight excluding hydrogens is 1100 g/mol. The topological polar surface area (TPSA) is 19.7 Å². The molecule has 5 heteroatoms. The quantitative estimate of drug-likeness (QED) is 0.142. The molecule has 0 fully saturated rings. The van der Waals surface area contributed by atoms with E-state index in [1.807, 2.05) is 0 Å². The van der Waals surface area contributed by atoms with Crippen molar-refractivity contribution >= 4 is 144 Å². The average molecular weight is 1160 g/mol. The summed E-state index contributed by atoms with van der Waals surface area (Å²) < 4.78 is 10.2. The van der Waals surface area contributed by atoms with Gasteiger partial charge in [-0.15, -0.1) is 0 Å². The lowest BCUT2D eigenvalue weighted by molar-refractivity contribution is 1.14. The zero-order chi connectivity index (χ0) is 60.7. The first-order chi connectivity index (χ1) is 44.6. The first-order valence-corrected chi connectivity index (χ1v) is 32.3. The third-order valence-electron chi connectivity index (χ3n) is 20.7. The highest BCUT2D eigenvalue weighted by Gasteiger charge is 2.31. The number of hydrogen-bond acceptors (Lipinski definition) is 0. The predicted molar refractivity (Wildman–Crippen MR) is 390 cm³/mol. The van der Waals surface area contributed by atoms with Crippen LogP contribution in [-0.4, -0.2) is 25.0 Å². The van der Waals surface area contributed by atoms with Crippen molar-refractivity contribution in [1.29, 1.82) is 0 Å². The van der Waals surface area contributed by atoms with Crippen molar-refractivity contribution in [2.45, 2.75) is 54.4 Å². The number of allylic oxidation sites excluding steroid dienone is 2. The molecule has 0 bridgehead atoms. The molecule has 0 saturated carbocycles. The third kappa shape index (κ3) is 7.58. The molecule has 0 radical (unpaired) electrons. The maximum atomic E-state index is 2.59. The van der Waals surface area contributed by atoms with Gasteiger partial charge in [0.2, 0.25) is 6.71 Å². The monoisotopic (exact) mass is 1160 g/mol. The molecule has 19 rings (SSSR count). The van der Waals surface area contributed by atoms with Gasteiger partial charge in [0.25, 0.3) is 0 Å². The Bertz CT molecular complexity index is 5750. The Balaban J connectivity index is 0.916. The molecule has 2 aliphatic rings. The molecule has 0 atom stereocenters. The van der Waals surface area contributed by atoms with E-state index in [9.17, 15) is 0 Å². The number of benzene rings is 13. The fraction of sp³-hybridized carbons (Fsp3) is 0.0930. The van der Waals surface area contributed by atoms with Gasteiger partial charge in [-0.25, -0.2) is 0 Å². The van der Waals surface area contributed by atoms with E-state index < -0.39 is 0 Å². The SMILES string of the molecule is Cc1cc(C)c(B(c2cc(-n3c4ccccc4c4cc5c(cc43)c3ccccc3n5-c3cc4c5c(cccc5c3)C=CC4)cc(-n3c4ccccc4c4cc5c(cc43)c3ccccc3n5-c3cc4c5c(cccc5c3)C=CC4)c2)c2c(C)cc(C)cc2C)c(C)c1. The van der Waals surface area contributed by atoms with Crippen LogP contribution in [0.1, 0.15) is 55.6 Å². The van der Waals surface area contributed by atoms with Crippen molar-refractivity contribution in [2.75, 3.05) is 0 Å². The molecule has 0 N–H and O–H groups in total. The Kier molecular flexibility index (Phi) is 11.1. The van der Waals surface area contributed by atoms with Crippen LogP contribution in [0.25, 0.3) is 144 Å². The van der Waals surface area contributed by atoms with Gasteiger partial charge in [0.05, 0.1) is 44.1 Å². The largest absolute Gasteiger partial charge is 0.309 e. The lowest BCUT2D eigenvalue weighted by Crippen LogP contribution is -2.56. The van der Waals surface area contributed by atoms with Gasteiger partial charge in [0, 0.05) is 65.8 Å². The maximum Gasteiger partial charge on any atom is 0.242 e. The summed E-state index contributed by atoms with van der Waals surface area (Å²) in [6, 6.07) is 86.6. The van der Waals surface area contributed by atoms with Crippen LogP contribution in [0.3, 0.4) is 0 Å². The first kappa shape index (κ1) is 52.1. The Morgan fingerprint density at radius 1 is 0.286 bits per heavy atom. The van der Waals surface area contributed by atoms with Crippen LogP contribution < -0.4 is 16.4 Å². The number of aromatic nitrogens is 4. The number of nitrogens with zero attached hydrogens (tertiary/aromatic N) is 4. The molecule has 430 valence electrons. The zero-order valence-corrected chi connectivity index (χ0v) is 52.0. The van der Waals surface area contributed by atoms with Gasteiger partial charge in [0.1, 0.15) is 0 Å². The molecular formula is C86H63BN4. The van der Waals surface area contributed by atoms with Crippen molar-refractivity contribution in [2.24, 2.45) is 0 Å². The average Bonchev–Trinajstić information content (AvgIpc) is 1.71. The predicted octanol–water partition coefficient (Wildman–Crippen LogP) is 19.9. The van der Waals surface area contributed by atoms with Crippen LogP contribution in [0.2, 0.25) is 0 Å². The van der Waals surface area contributed by atoms with Crippen LogP contribution in [0.15, 0.2) is 237 Å². The number of rotatable bonds is 7. The highest BCUT2D eigenvalue weighted by atomic mass is 15.0. The Morgan fingerprint density at radius 2 is 0.615 bits per heavy atom. The molecule has 0 spiro atoms. The van der Waals surface area contributed by atoms with E-state index >= 15 is 0 Å². The van der Waals surface area contributed by atoms with E-state index in [0.717, 1.165) is 24.2 Å². The summed E-state index contributed by atoms with van der Waals surface area (Å²) >= 11 is 0. The van der Waals surface area contributed by atoms with Gasteiger partial charge in [-0.1, -0.05) is 208 Å². The molecule has 4 heterocycles. The number of para-hydroxylation sites is 4. The van der Waals surface area contributed by atoms with Crippen molar-refractivity contribution < 1.29 is 0 Å². The van der Waals surface area contributed by atoms with E-state index in [0.29, 0.717) is 0 Å². The second-order valence-corrected chi connectivity index (χ2v) is 26.3. The van der Waals surface area contributed by atoms with Gasteiger partial charge < -0.3 is 18.3 Å². The van der Waals surface area contributed by atoms with Gasteiger partial charge in [-0.3, -0.25) is 0 Å². The summed E-state index contributed by atoms with van der Waals surface area (Å²) in [7, 11) is 0. The minimum atomic E-state index is -0.0899. The van der Waals surface area contributed by atoms with Crippen molar-refractivity contribution in [3.8, 4) is 22.7 Å². The molecule has 4 aromatic heterocycles. The Hall–Kier alpha value is -10.9. The summed E-state index contributed by atoms with van der Waals surface area (Å²) in [5, 5.41) is 15.1. The summed E-state index contributed by atoms with van der Waals surface area (Å²) in [6.45, 7) is 13.7. The van der Waals surface area contributed by atoms with Crippen molar-refractivity contribution in [3.05, 3.63) is 292 Å². The number of aryl methyl sites for hydroxylation is 6. The van der Waals surface area contributed by atoms with Crippen LogP contribution in [-0.2, 0) is 12.8 Å². The van der Waals surface area contributed by atoms with E-state index in [4.69, 9.17) is 0 Å². The minimum absolute atomic E-state index is 0.0899. The highest BCUT2D eigenvalue weighted by Crippen LogP contribution is 2.44. The van der Waals surface area contributed by atoms with E-state index in [-0.39, 0.29) is 6.71 Å². The minimum Gasteiger partial charge on any atom is -0.309 e. The lowest BCUT2D eigenvalue weighted by atomic mass is 9.34. The Labute approximate surface area is 528 Å². The maximum absolute atomic E-state index is 2.59. The van der Waals surface area contributed by atoms with Crippen LogP contribution in [0.5, 0.6) is 0 Å². The lowest BCUT2D eigenvalue weighted by Gasteiger charge is -2.26. The normalized spacial score (nSPS) is 13.0. The van der Waals surface area contributed by atoms with Crippen molar-refractivity contribution in [3.63, 3.8) is 0 Å². The van der Waals surface area contributed by atoms with Crippen LogP contribution in [0, 0.1) is 41.5 Å². The molecule has 17 aromatic rings. The van der Waals surface area contributed by atoms with E-state index in [2.05, 4.69) is 309 Å².